The van der Waals surface area contributed by atoms with Crippen molar-refractivity contribution in [3.63, 3.8) is 0 Å². The lowest BCUT2D eigenvalue weighted by Crippen LogP contribution is -2.53. The van der Waals surface area contributed by atoms with Crippen LogP contribution in [0.15, 0.2) is 0 Å². The maximum absolute atomic E-state index is 13.6. The largest absolute Gasteiger partial charge is 0.392 e. The number of nitrogens with zero attached hydrogens (tertiary/aromatic N) is 1. The summed E-state index contributed by atoms with van der Waals surface area (Å²) in [6.07, 6.45) is -2.07. The Morgan fingerprint density at radius 1 is 1.06 bits per heavy atom. The van der Waals surface area contributed by atoms with Crippen molar-refractivity contribution >= 4 is 10.0 Å². The van der Waals surface area contributed by atoms with Gasteiger partial charge in [-0.15, -0.1) is 0 Å². The van der Waals surface area contributed by atoms with Gasteiger partial charge in [0.05, 0.1) is 11.2 Å². The lowest BCUT2D eigenvalue weighted by Gasteiger charge is -2.41. The Bertz CT molecular complexity index is 693. The summed E-state index contributed by atoms with van der Waals surface area (Å²) in [5.41, 5.74) is -0.0902. The average Bonchev–Trinajstić information content (AvgIpc) is 2.94. The van der Waals surface area contributed by atoms with E-state index in [0.29, 0.717) is 19.3 Å². The normalized spacial score (nSPS) is 36.1. The standard InChI is InChI=1S/C22H42F3N3O2S/c1-14-9-10-17(15(2)20(14)22(23,24)25)27-31(29,30)18-13-19(21(4,5)6)28(16(18)3)12-8-11-26-7/h14-20,26-27H,8-13H2,1-7H3. The van der Waals surface area contributed by atoms with Gasteiger partial charge in [-0.1, -0.05) is 34.6 Å². The third kappa shape index (κ3) is 6.15. The molecule has 1 saturated heterocycles. The lowest BCUT2D eigenvalue weighted by molar-refractivity contribution is -0.210. The summed E-state index contributed by atoms with van der Waals surface area (Å²) in [5.74, 6) is -2.75. The minimum Gasteiger partial charge on any atom is -0.320 e. The number of hydrogen-bond acceptors (Lipinski definition) is 4. The molecule has 0 bridgehead atoms. The van der Waals surface area contributed by atoms with E-state index in [-0.39, 0.29) is 17.5 Å². The molecule has 1 saturated carbocycles. The summed E-state index contributed by atoms with van der Waals surface area (Å²) in [4.78, 5) is 2.28. The first-order valence-corrected chi connectivity index (χ1v) is 13.1. The Labute approximate surface area is 187 Å². The molecule has 2 aliphatic rings. The van der Waals surface area contributed by atoms with Crippen LogP contribution in [0, 0.1) is 23.2 Å². The lowest BCUT2D eigenvalue weighted by atomic mass is 9.71. The first-order chi connectivity index (χ1) is 14.1. The number of halogens is 3. The van der Waals surface area contributed by atoms with Crippen LogP contribution in [-0.4, -0.2) is 63.0 Å². The monoisotopic (exact) mass is 469 g/mol. The topological polar surface area (TPSA) is 61.4 Å². The van der Waals surface area contributed by atoms with Gasteiger partial charge in [-0.05, 0) is 70.0 Å². The molecule has 1 heterocycles. The Balaban J connectivity index is 2.20. The highest BCUT2D eigenvalue weighted by molar-refractivity contribution is 7.90. The Morgan fingerprint density at radius 2 is 1.68 bits per heavy atom. The smallest absolute Gasteiger partial charge is 0.320 e. The Hall–Kier alpha value is -0.380. The fourth-order valence-corrected chi connectivity index (χ4v) is 7.86. The van der Waals surface area contributed by atoms with E-state index in [2.05, 4.69) is 35.7 Å². The van der Waals surface area contributed by atoms with Crippen LogP contribution in [0.1, 0.15) is 67.2 Å². The van der Waals surface area contributed by atoms with Crippen LogP contribution in [0.3, 0.4) is 0 Å². The van der Waals surface area contributed by atoms with Crippen molar-refractivity contribution < 1.29 is 21.6 Å². The van der Waals surface area contributed by atoms with Crippen molar-refractivity contribution in [3.05, 3.63) is 0 Å². The van der Waals surface area contributed by atoms with E-state index in [4.69, 9.17) is 0 Å². The Kier molecular flexibility index (Phi) is 8.54. The molecule has 0 aromatic carbocycles. The number of nitrogens with one attached hydrogen (secondary N) is 2. The molecule has 31 heavy (non-hydrogen) atoms. The van der Waals surface area contributed by atoms with Gasteiger partial charge < -0.3 is 5.32 Å². The molecule has 1 aliphatic heterocycles. The molecule has 2 rings (SSSR count). The highest BCUT2D eigenvalue weighted by Crippen LogP contribution is 2.45. The van der Waals surface area contributed by atoms with Crippen LogP contribution in [0.4, 0.5) is 13.2 Å². The zero-order valence-electron chi connectivity index (χ0n) is 20.1. The molecule has 0 aromatic rings. The van der Waals surface area contributed by atoms with Gasteiger partial charge >= 0.3 is 6.18 Å². The molecule has 0 spiro atoms. The summed E-state index contributed by atoms with van der Waals surface area (Å²) < 4.78 is 70.4. The molecule has 184 valence electrons. The van der Waals surface area contributed by atoms with Crippen LogP contribution in [0.25, 0.3) is 0 Å². The molecule has 9 heteroatoms. The minimum absolute atomic E-state index is 0.0902. The molecule has 7 unspecified atom stereocenters. The van der Waals surface area contributed by atoms with Crippen LogP contribution in [-0.2, 0) is 10.0 Å². The van der Waals surface area contributed by atoms with Crippen LogP contribution in [0.5, 0.6) is 0 Å². The third-order valence-corrected chi connectivity index (χ3v) is 9.61. The number of alkyl halides is 3. The van der Waals surface area contributed by atoms with Crippen molar-refractivity contribution in [2.24, 2.45) is 23.2 Å². The third-order valence-electron chi connectivity index (χ3n) is 7.60. The second-order valence-corrected chi connectivity index (χ2v) is 12.8. The average molecular weight is 470 g/mol. The van der Waals surface area contributed by atoms with E-state index < -0.39 is 45.2 Å². The SMILES string of the molecule is CNCCCN1C(C)C(S(=O)(=O)NC2CCC(C)C(C(F)(F)F)C2C)CC1C(C)(C)C. The van der Waals surface area contributed by atoms with E-state index in [1.54, 1.807) is 13.8 Å². The first kappa shape index (κ1) is 26.9. The molecule has 5 nitrogen and oxygen atoms in total. The number of rotatable bonds is 7. The Morgan fingerprint density at radius 3 is 2.19 bits per heavy atom. The predicted octanol–water partition coefficient (Wildman–Crippen LogP) is 4.01. The minimum atomic E-state index is -4.31. The van der Waals surface area contributed by atoms with Crippen molar-refractivity contribution in [3.8, 4) is 0 Å². The molecule has 0 amide bonds. The number of likely N-dealkylation sites (tertiary alicyclic amines) is 1. The van der Waals surface area contributed by atoms with E-state index >= 15 is 0 Å². The summed E-state index contributed by atoms with van der Waals surface area (Å²) in [6, 6.07) is -0.756. The molecule has 7 atom stereocenters. The van der Waals surface area contributed by atoms with Crippen LogP contribution >= 0.6 is 0 Å². The van der Waals surface area contributed by atoms with Crippen LogP contribution in [0.2, 0.25) is 0 Å². The second kappa shape index (κ2) is 9.85. The van der Waals surface area contributed by atoms with Gasteiger partial charge in [0.2, 0.25) is 10.0 Å². The maximum Gasteiger partial charge on any atom is 0.392 e. The molecule has 2 fully saturated rings. The van der Waals surface area contributed by atoms with E-state index in [1.807, 2.05) is 14.0 Å². The first-order valence-electron chi connectivity index (χ1n) is 11.6. The number of sulfonamides is 1. The zero-order valence-corrected chi connectivity index (χ0v) is 20.9. The summed E-state index contributed by atoms with van der Waals surface area (Å²) >= 11 is 0. The van der Waals surface area contributed by atoms with E-state index in [9.17, 15) is 21.6 Å². The summed E-state index contributed by atoms with van der Waals surface area (Å²) in [5, 5.41) is 2.51. The highest BCUT2D eigenvalue weighted by atomic mass is 32.2. The maximum atomic E-state index is 13.6. The van der Waals surface area contributed by atoms with Gasteiger partial charge in [0.1, 0.15) is 0 Å². The van der Waals surface area contributed by atoms with Gasteiger partial charge in [-0.3, -0.25) is 4.90 Å². The van der Waals surface area contributed by atoms with E-state index in [0.717, 1.165) is 19.5 Å². The fraction of sp³-hybridized carbons (Fsp3) is 1.00. The van der Waals surface area contributed by atoms with Crippen molar-refractivity contribution in [1.82, 2.24) is 14.9 Å². The summed E-state index contributed by atoms with van der Waals surface area (Å²) in [6.45, 7) is 13.1. The van der Waals surface area contributed by atoms with Crippen molar-refractivity contribution in [1.29, 1.82) is 0 Å². The van der Waals surface area contributed by atoms with Crippen LogP contribution < -0.4 is 10.0 Å². The van der Waals surface area contributed by atoms with Gasteiger partial charge in [0, 0.05) is 18.1 Å². The van der Waals surface area contributed by atoms with Gasteiger partial charge in [-0.2, -0.15) is 13.2 Å². The van der Waals surface area contributed by atoms with Crippen molar-refractivity contribution in [2.45, 2.75) is 96.8 Å². The molecule has 2 N–H and O–H groups in total. The second-order valence-electron chi connectivity index (χ2n) is 10.8. The quantitative estimate of drug-likeness (QED) is 0.553. The number of hydrogen-bond donors (Lipinski definition) is 2. The van der Waals surface area contributed by atoms with Gasteiger partial charge in [-0.25, -0.2) is 13.1 Å². The molecule has 0 aromatic heterocycles. The predicted molar refractivity (Wildman–Crippen MR) is 119 cm³/mol. The van der Waals surface area contributed by atoms with E-state index in [1.165, 1.54) is 0 Å². The zero-order chi connectivity index (χ0) is 23.8. The highest BCUT2D eigenvalue weighted by Gasteiger charge is 2.53. The van der Waals surface area contributed by atoms with Gasteiger partial charge in [0.15, 0.2) is 0 Å². The molecular formula is C22H42F3N3O2S. The van der Waals surface area contributed by atoms with Gasteiger partial charge in [0.25, 0.3) is 0 Å². The molecular weight excluding hydrogens is 427 g/mol. The molecule has 0 radical (unpaired) electrons. The summed E-state index contributed by atoms with van der Waals surface area (Å²) in [7, 11) is -1.86. The fourth-order valence-electron chi connectivity index (χ4n) is 5.82. The molecule has 1 aliphatic carbocycles. The van der Waals surface area contributed by atoms with Crippen molar-refractivity contribution in [2.75, 3.05) is 20.1 Å².